The van der Waals surface area contributed by atoms with E-state index in [2.05, 4.69) is 20.0 Å². The Balaban J connectivity index is 1.61. The van der Waals surface area contributed by atoms with E-state index in [1.165, 1.54) is 0 Å². The van der Waals surface area contributed by atoms with Crippen LogP contribution in [0.5, 0.6) is 0 Å². The summed E-state index contributed by atoms with van der Waals surface area (Å²) < 4.78 is 43.1. The molecular weight excluding hydrogens is 331 g/mol. The van der Waals surface area contributed by atoms with Crippen molar-refractivity contribution in [3.63, 3.8) is 0 Å². The van der Waals surface area contributed by atoms with Gasteiger partial charge in [-0.25, -0.2) is 4.98 Å². The Kier molecular flexibility index (Phi) is 4.28. The fourth-order valence-electron chi connectivity index (χ4n) is 2.48. The molecule has 6 nitrogen and oxygen atoms in total. The molecule has 0 aromatic carbocycles. The van der Waals surface area contributed by atoms with Crippen LogP contribution in [-0.4, -0.2) is 46.2 Å². The third-order valence-corrected chi connectivity index (χ3v) is 4.91. The fraction of sp³-hybridized carbons (Fsp3) is 0.615. The summed E-state index contributed by atoms with van der Waals surface area (Å²) in [6.45, 7) is 6.36. The maximum absolute atomic E-state index is 12.6. The molecule has 0 amide bonds. The third-order valence-electron chi connectivity index (χ3n) is 3.81. The minimum Gasteiger partial charge on any atom is -0.346 e. The zero-order valence-electron chi connectivity index (χ0n) is 12.7. The summed E-state index contributed by atoms with van der Waals surface area (Å²) in [6.07, 6.45) is -3.43. The van der Waals surface area contributed by atoms with E-state index in [1.54, 1.807) is 6.92 Å². The molecule has 0 bridgehead atoms. The number of thiazole rings is 1. The van der Waals surface area contributed by atoms with Gasteiger partial charge in [-0.15, -0.1) is 0 Å². The van der Waals surface area contributed by atoms with Crippen LogP contribution in [0, 0.1) is 6.92 Å². The van der Waals surface area contributed by atoms with Gasteiger partial charge in [0.25, 0.3) is 0 Å². The van der Waals surface area contributed by atoms with Crippen molar-refractivity contribution in [2.24, 2.45) is 0 Å². The summed E-state index contributed by atoms with van der Waals surface area (Å²) in [5.41, 5.74) is 0. The van der Waals surface area contributed by atoms with Crippen molar-refractivity contribution in [2.45, 2.75) is 26.1 Å². The van der Waals surface area contributed by atoms with Crippen LogP contribution >= 0.6 is 11.3 Å². The van der Waals surface area contributed by atoms with E-state index in [4.69, 9.17) is 4.52 Å². The predicted octanol–water partition coefficient (Wildman–Crippen LogP) is 2.74. The summed E-state index contributed by atoms with van der Waals surface area (Å²) in [7, 11) is 0. The Bertz CT molecular complexity index is 663. The minimum absolute atomic E-state index is 0.0135. The Labute approximate surface area is 134 Å². The highest BCUT2D eigenvalue weighted by atomic mass is 32.1. The summed E-state index contributed by atoms with van der Waals surface area (Å²) in [5.74, 6) is 1.15. The van der Waals surface area contributed by atoms with Gasteiger partial charge < -0.3 is 9.42 Å². The predicted molar refractivity (Wildman–Crippen MR) is 78.4 cm³/mol. The number of nitrogens with zero attached hydrogens (tertiary/aromatic N) is 5. The van der Waals surface area contributed by atoms with Crippen LogP contribution in [0.4, 0.5) is 18.3 Å². The maximum atomic E-state index is 12.6. The molecule has 1 atom stereocenters. The molecule has 1 saturated heterocycles. The number of piperazine rings is 1. The average Bonchev–Trinajstić information content (AvgIpc) is 3.15. The molecule has 2 aromatic rings. The number of anilines is 1. The molecule has 3 rings (SSSR count). The van der Waals surface area contributed by atoms with Crippen molar-refractivity contribution in [3.8, 4) is 0 Å². The molecule has 1 unspecified atom stereocenters. The molecule has 1 aliphatic rings. The molecule has 2 aromatic heterocycles. The first-order chi connectivity index (χ1) is 10.8. The van der Waals surface area contributed by atoms with Crippen molar-refractivity contribution >= 4 is 16.5 Å². The smallest absolute Gasteiger partial charge is 0.346 e. The average molecular weight is 347 g/mol. The molecular formula is C13H16F3N5OS. The molecule has 3 heterocycles. The molecule has 0 radical (unpaired) electrons. The van der Waals surface area contributed by atoms with Crippen molar-refractivity contribution in [3.05, 3.63) is 22.8 Å². The van der Waals surface area contributed by atoms with Gasteiger partial charge in [0.15, 0.2) is 11.0 Å². The summed E-state index contributed by atoms with van der Waals surface area (Å²) >= 11 is 0.686. The number of alkyl halides is 3. The fourth-order valence-corrected chi connectivity index (χ4v) is 3.32. The lowest BCUT2D eigenvalue weighted by Crippen LogP contribution is -2.47. The monoisotopic (exact) mass is 347 g/mol. The van der Waals surface area contributed by atoms with E-state index < -0.39 is 11.1 Å². The van der Waals surface area contributed by atoms with Crippen molar-refractivity contribution < 1.29 is 17.7 Å². The lowest BCUT2D eigenvalue weighted by Gasteiger charge is -2.36. The normalized spacial score (nSPS) is 18.4. The number of rotatable bonds is 3. The second-order valence-electron chi connectivity index (χ2n) is 5.38. The molecule has 0 N–H and O–H groups in total. The van der Waals surface area contributed by atoms with E-state index in [9.17, 15) is 13.2 Å². The van der Waals surface area contributed by atoms with Gasteiger partial charge in [-0.05, 0) is 13.8 Å². The third kappa shape index (κ3) is 3.47. The zero-order valence-corrected chi connectivity index (χ0v) is 13.5. The summed E-state index contributed by atoms with van der Waals surface area (Å²) in [5, 5.41) is 4.20. The Hall–Kier alpha value is -1.68. The van der Waals surface area contributed by atoms with Crippen molar-refractivity contribution in [2.75, 3.05) is 31.1 Å². The highest BCUT2D eigenvalue weighted by Gasteiger charge is 2.34. The van der Waals surface area contributed by atoms with Gasteiger partial charge in [0, 0.05) is 26.2 Å². The molecule has 23 heavy (non-hydrogen) atoms. The van der Waals surface area contributed by atoms with Gasteiger partial charge in [-0.1, -0.05) is 16.5 Å². The van der Waals surface area contributed by atoms with Crippen LogP contribution in [0.2, 0.25) is 0 Å². The standard InChI is InChI=1S/C13H16F3N5OS/c1-8(11-18-9(2)19-22-11)20-3-5-21(6-4-20)12-17-7-10(23-12)13(14,15)16/h7-8H,3-6H2,1-2H3. The van der Waals surface area contributed by atoms with Gasteiger partial charge in [0.1, 0.15) is 4.88 Å². The topological polar surface area (TPSA) is 58.3 Å². The largest absolute Gasteiger partial charge is 0.427 e. The second kappa shape index (κ2) is 6.08. The quantitative estimate of drug-likeness (QED) is 0.851. The van der Waals surface area contributed by atoms with Gasteiger partial charge >= 0.3 is 6.18 Å². The molecule has 0 aliphatic carbocycles. The van der Waals surface area contributed by atoms with Crippen LogP contribution in [0.25, 0.3) is 0 Å². The number of aromatic nitrogens is 3. The minimum atomic E-state index is -4.33. The van der Waals surface area contributed by atoms with Crippen LogP contribution < -0.4 is 4.90 Å². The van der Waals surface area contributed by atoms with Crippen LogP contribution in [0.1, 0.15) is 29.6 Å². The highest BCUT2D eigenvalue weighted by Crippen LogP contribution is 2.36. The molecule has 1 fully saturated rings. The molecule has 0 spiro atoms. The van der Waals surface area contributed by atoms with E-state index in [1.807, 2.05) is 11.8 Å². The summed E-state index contributed by atoms with van der Waals surface area (Å²) in [4.78, 5) is 11.5. The number of aryl methyl sites for hydroxylation is 1. The Morgan fingerprint density at radius 3 is 2.48 bits per heavy atom. The number of hydrogen-bond donors (Lipinski definition) is 0. The molecule has 1 aliphatic heterocycles. The Morgan fingerprint density at radius 2 is 1.96 bits per heavy atom. The summed E-state index contributed by atoms with van der Waals surface area (Å²) in [6, 6.07) is -0.0135. The van der Waals surface area contributed by atoms with Gasteiger partial charge in [-0.3, -0.25) is 4.90 Å². The molecule has 0 saturated carbocycles. The van der Waals surface area contributed by atoms with Crippen LogP contribution in [-0.2, 0) is 6.18 Å². The van der Waals surface area contributed by atoms with Crippen molar-refractivity contribution in [1.29, 1.82) is 0 Å². The van der Waals surface area contributed by atoms with E-state index in [-0.39, 0.29) is 6.04 Å². The zero-order chi connectivity index (χ0) is 16.6. The number of halogens is 3. The Morgan fingerprint density at radius 1 is 1.26 bits per heavy atom. The SMILES string of the molecule is Cc1noc(C(C)N2CCN(c3ncc(C(F)(F)F)s3)CC2)n1. The lowest BCUT2D eigenvalue weighted by molar-refractivity contribution is -0.134. The molecule has 10 heteroatoms. The van der Waals surface area contributed by atoms with Crippen LogP contribution in [0.15, 0.2) is 10.7 Å². The van der Waals surface area contributed by atoms with E-state index >= 15 is 0 Å². The first-order valence-electron chi connectivity index (χ1n) is 7.17. The van der Waals surface area contributed by atoms with Crippen molar-refractivity contribution in [1.82, 2.24) is 20.0 Å². The van der Waals surface area contributed by atoms with Gasteiger partial charge in [0.05, 0.1) is 12.2 Å². The van der Waals surface area contributed by atoms with Gasteiger partial charge in [-0.2, -0.15) is 18.2 Å². The molecule has 126 valence electrons. The van der Waals surface area contributed by atoms with E-state index in [0.717, 1.165) is 6.20 Å². The first-order valence-corrected chi connectivity index (χ1v) is 7.98. The second-order valence-corrected chi connectivity index (χ2v) is 6.39. The first kappa shape index (κ1) is 16.2. The van der Waals surface area contributed by atoms with Crippen LogP contribution in [0.3, 0.4) is 0 Å². The number of hydrogen-bond acceptors (Lipinski definition) is 7. The van der Waals surface area contributed by atoms with E-state index in [0.29, 0.717) is 54.4 Å². The maximum Gasteiger partial charge on any atom is 0.427 e. The lowest BCUT2D eigenvalue weighted by atomic mass is 10.2. The van der Waals surface area contributed by atoms with Gasteiger partial charge in [0.2, 0.25) is 5.89 Å². The highest BCUT2D eigenvalue weighted by molar-refractivity contribution is 7.15.